The lowest BCUT2D eigenvalue weighted by Gasteiger charge is -2.15. The number of allylic oxidation sites excluding steroid dienone is 6. The lowest BCUT2D eigenvalue weighted by atomic mass is 10.0. The standard InChI is InChI=1S/C46H84O5/c1-3-5-7-9-11-13-15-17-19-21-22-23-24-25-27-29-31-33-35-37-39-41-46(49)51-44(42-47)43-50-45(48)40-38-36-34-32-30-28-26-20-18-16-14-12-10-8-6-4-2/h15,17,21-22,24-25,44,47H,3-14,16,18-20,23,26-43H2,1-2H3/b17-15-,22-21-,25-24-. The van der Waals surface area contributed by atoms with Crippen LogP contribution in [0.2, 0.25) is 0 Å². The zero-order valence-corrected chi connectivity index (χ0v) is 33.9. The molecule has 1 atom stereocenters. The maximum absolute atomic E-state index is 12.2. The average molecular weight is 717 g/mol. The van der Waals surface area contributed by atoms with Crippen molar-refractivity contribution >= 4 is 11.9 Å². The Morgan fingerprint density at radius 1 is 0.451 bits per heavy atom. The highest BCUT2D eigenvalue weighted by atomic mass is 16.6. The second-order valence-corrected chi connectivity index (χ2v) is 14.8. The summed E-state index contributed by atoms with van der Waals surface area (Å²) in [6.45, 7) is 4.13. The molecule has 298 valence electrons. The number of carbonyl (C=O) groups excluding carboxylic acids is 2. The van der Waals surface area contributed by atoms with Crippen molar-refractivity contribution in [3.63, 3.8) is 0 Å². The topological polar surface area (TPSA) is 72.8 Å². The van der Waals surface area contributed by atoms with Gasteiger partial charge in [0.05, 0.1) is 6.61 Å². The molecule has 0 heterocycles. The summed E-state index contributed by atoms with van der Waals surface area (Å²) in [6, 6.07) is 0. The highest BCUT2D eigenvalue weighted by Crippen LogP contribution is 2.15. The summed E-state index contributed by atoms with van der Waals surface area (Å²) >= 11 is 0. The predicted octanol–water partition coefficient (Wildman–Crippen LogP) is 14.0. The van der Waals surface area contributed by atoms with Crippen LogP contribution in [0.1, 0.15) is 226 Å². The van der Waals surface area contributed by atoms with Gasteiger partial charge < -0.3 is 14.6 Å². The highest BCUT2D eigenvalue weighted by Gasteiger charge is 2.16. The molecule has 0 spiro atoms. The second-order valence-electron chi connectivity index (χ2n) is 14.8. The Balaban J connectivity index is 3.55. The minimum atomic E-state index is -0.775. The summed E-state index contributed by atoms with van der Waals surface area (Å²) in [5.41, 5.74) is 0. The van der Waals surface area contributed by atoms with Crippen molar-refractivity contribution < 1.29 is 24.2 Å². The van der Waals surface area contributed by atoms with Crippen LogP contribution in [0.5, 0.6) is 0 Å². The maximum atomic E-state index is 12.2. The van der Waals surface area contributed by atoms with Gasteiger partial charge in [-0.05, 0) is 51.4 Å². The fraction of sp³-hybridized carbons (Fsp3) is 0.826. The van der Waals surface area contributed by atoms with Gasteiger partial charge in [-0.3, -0.25) is 9.59 Å². The molecule has 0 aromatic heterocycles. The van der Waals surface area contributed by atoms with Gasteiger partial charge in [0.1, 0.15) is 6.61 Å². The van der Waals surface area contributed by atoms with Crippen molar-refractivity contribution in [3.8, 4) is 0 Å². The Bertz CT molecular complexity index is 816. The molecule has 0 aliphatic rings. The molecule has 0 aromatic rings. The van der Waals surface area contributed by atoms with Crippen LogP contribution >= 0.6 is 0 Å². The van der Waals surface area contributed by atoms with Gasteiger partial charge in [0.15, 0.2) is 6.10 Å². The lowest BCUT2D eigenvalue weighted by Crippen LogP contribution is -2.28. The van der Waals surface area contributed by atoms with E-state index in [1.165, 1.54) is 141 Å². The van der Waals surface area contributed by atoms with Gasteiger partial charge in [-0.25, -0.2) is 0 Å². The van der Waals surface area contributed by atoms with E-state index in [4.69, 9.17) is 9.47 Å². The van der Waals surface area contributed by atoms with Gasteiger partial charge in [-0.1, -0.05) is 198 Å². The fourth-order valence-corrected chi connectivity index (χ4v) is 6.33. The molecule has 5 nitrogen and oxygen atoms in total. The number of carbonyl (C=O) groups is 2. The summed E-state index contributed by atoms with van der Waals surface area (Å²) in [5.74, 6) is -0.597. The average Bonchev–Trinajstić information content (AvgIpc) is 3.13. The Morgan fingerprint density at radius 2 is 0.784 bits per heavy atom. The molecule has 0 amide bonds. The van der Waals surface area contributed by atoms with Crippen LogP contribution in [-0.2, 0) is 19.1 Å². The van der Waals surface area contributed by atoms with Crippen LogP contribution < -0.4 is 0 Å². The number of rotatable bonds is 40. The van der Waals surface area contributed by atoms with Crippen molar-refractivity contribution in [2.24, 2.45) is 0 Å². The van der Waals surface area contributed by atoms with E-state index in [9.17, 15) is 14.7 Å². The summed E-state index contributed by atoms with van der Waals surface area (Å²) in [6.07, 6.45) is 52.1. The molecule has 51 heavy (non-hydrogen) atoms. The minimum absolute atomic E-state index is 0.0681. The van der Waals surface area contributed by atoms with Crippen molar-refractivity contribution in [1.29, 1.82) is 0 Å². The molecule has 0 saturated heterocycles. The van der Waals surface area contributed by atoms with Gasteiger partial charge in [0, 0.05) is 12.8 Å². The number of hydrogen-bond donors (Lipinski definition) is 1. The Morgan fingerprint density at radius 3 is 1.18 bits per heavy atom. The molecule has 0 aliphatic heterocycles. The van der Waals surface area contributed by atoms with Gasteiger partial charge in [-0.15, -0.1) is 0 Å². The number of unbranched alkanes of at least 4 members (excludes halogenated alkanes) is 26. The summed E-state index contributed by atoms with van der Waals surface area (Å²) in [5, 5.41) is 9.58. The van der Waals surface area contributed by atoms with E-state index in [2.05, 4.69) is 50.3 Å². The van der Waals surface area contributed by atoms with E-state index in [1.807, 2.05) is 0 Å². The minimum Gasteiger partial charge on any atom is -0.462 e. The quantitative estimate of drug-likeness (QED) is 0.0388. The molecule has 0 bridgehead atoms. The highest BCUT2D eigenvalue weighted by molar-refractivity contribution is 5.70. The molecule has 1 N–H and O–H groups in total. The smallest absolute Gasteiger partial charge is 0.306 e. The maximum Gasteiger partial charge on any atom is 0.306 e. The van der Waals surface area contributed by atoms with Crippen molar-refractivity contribution in [1.82, 2.24) is 0 Å². The Hall–Kier alpha value is -1.88. The number of esters is 2. The van der Waals surface area contributed by atoms with E-state index in [0.717, 1.165) is 57.8 Å². The molecule has 0 rings (SSSR count). The van der Waals surface area contributed by atoms with Crippen LogP contribution in [0, 0.1) is 0 Å². The number of aliphatic hydroxyl groups is 1. The Kier molecular flexibility index (Phi) is 41.0. The second kappa shape index (κ2) is 42.5. The third-order valence-electron chi connectivity index (χ3n) is 9.69. The normalized spacial score (nSPS) is 12.5. The monoisotopic (exact) mass is 717 g/mol. The molecule has 5 heteroatoms. The molecule has 1 unspecified atom stereocenters. The molecule has 0 fully saturated rings. The first kappa shape index (κ1) is 49.1. The lowest BCUT2D eigenvalue weighted by molar-refractivity contribution is -0.161. The predicted molar refractivity (Wildman–Crippen MR) is 219 cm³/mol. The number of aliphatic hydroxyl groups excluding tert-OH is 1. The molecular weight excluding hydrogens is 633 g/mol. The zero-order valence-electron chi connectivity index (χ0n) is 33.9. The van der Waals surface area contributed by atoms with E-state index in [-0.39, 0.29) is 25.2 Å². The third kappa shape index (κ3) is 40.7. The first-order valence-electron chi connectivity index (χ1n) is 22.0. The van der Waals surface area contributed by atoms with Crippen LogP contribution in [0.3, 0.4) is 0 Å². The number of ether oxygens (including phenoxy) is 2. The Labute approximate surface area is 316 Å². The summed E-state index contributed by atoms with van der Waals surface area (Å²) in [7, 11) is 0. The van der Waals surface area contributed by atoms with Gasteiger partial charge in [0.2, 0.25) is 0 Å². The molecule has 0 aromatic carbocycles. The molecular formula is C46H84O5. The first-order valence-corrected chi connectivity index (χ1v) is 22.0. The summed E-state index contributed by atoms with van der Waals surface area (Å²) < 4.78 is 10.6. The van der Waals surface area contributed by atoms with Crippen LogP contribution in [-0.4, -0.2) is 36.4 Å². The molecule has 0 aliphatic carbocycles. The summed E-state index contributed by atoms with van der Waals surface area (Å²) in [4.78, 5) is 24.3. The van der Waals surface area contributed by atoms with Crippen molar-refractivity contribution in [3.05, 3.63) is 36.5 Å². The van der Waals surface area contributed by atoms with E-state index < -0.39 is 6.10 Å². The number of hydrogen-bond acceptors (Lipinski definition) is 5. The van der Waals surface area contributed by atoms with Gasteiger partial charge >= 0.3 is 11.9 Å². The first-order chi connectivity index (χ1) is 25.1. The molecule has 0 radical (unpaired) electrons. The van der Waals surface area contributed by atoms with Crippen molar-refractivity contribution in [2.45, 2.75) is 232 Å². The van der Waals surface area contributed by atoms with E-state index >= 15 is 0 Å². The van der Waals surface area contributed by atoms with Gasteiger partial charge in [-0.2, -0.15) is 0 Å². The van der Waals surface area contributed by atoms with Crippen molar-refractivity contribution in [2.75, 3.05) is 13.2 Å². The fourth-order valence-electron chi connectivity index (χ4n) is 6.33. The largest absolute Gasteiger partial charge is 0.462 e. The molecule has 0 saturated carbocycles. The van der Waals surface area contributed by atoms with E-state index in [1.54, 1.807) is 0 Å². The zero-order chi connectivity index (χ0) is 37.1. The van der Waals surface area contributed by atoms with Crippen LogP contribution in [0.25, 0.3) is 0 Å². The SMILES string of the molecule is CCCCCCC/C=C\C/C=C\C/C=C\CCCCCCCCC(=O)OC(CO)COC(=O)CCCCCCCCCCCCCCCCCC. The van der Waals surface area contributed by atoms with E-state index in [0.29, 0.717) is 12.8 Å². The van der Waals surface area contributed by atoms with Crippen LogP contribution in [0.4, 0.5) is 0 Å². The van der Waals surface area contributed by atoms with Crippen LogP contribution in [0.15, 0.2) is 36.5 Å². The van der Waals surface area contributed by atoms with Gasteiger partial charge in [0.25, 0.3) is 0 Å². The third-order valence-corrected chi connectivity index (χ3v) is 9.69.